The van der Waals surface area contributed by atoms with Crippen LogP contribution in [0.15, 0.2) is 42.5 Å². The van der Waals surface area contributed by atoms with Gasteiger partial charge in [0.2, 0.25) is 0 Å². The second kappa shape index (κ2) is 5.33. The summed E-state index contributed by atoms with van der Waals surface area (Å²) in [7, 11) is 0. The molecule has 0 bridgehead atoms. The smallest absolute Gasteiger partial charge is 0.123 e. The van der Waals surface area contributed by atoms with E-state index in [0.29, 0.717) is 12.1 Å². The number of hydrogen-bond acceptors (Lipinski definition) is 2. The van der Waals surface area contributed by atoms with Crippen molar-refractivity contribution in [3.05, 3.63) is 65.0 Å². The molecule has 0 fully saturated rings. The lowest BCUT2D eigenvalue weighted by Crippen LogP contribution is -2.01. The maximum Gasteiger partial charge on any atom is 0.123 e. The highest BCUT2D eigenvalue weighted by Gasteiger charge is 2.00. The van der Waals surface area contributed by atoms with E-state index in [0.717, 1.165) is 16.8 Å². The summed E-state index contributed by atoms with van der Waals surface area (Å²) in [6.07, 6.45) is 0. The van der Waals surface area contributed by atoms with Crippen molar-refractivity contribution < 1.29 is 4.39 Å². The summed E-state index contributed by atoms with van der Waals surface area (Å²) in [6, 6.07) is 14.0. The highest BCUT2D eigenvalue weighted by atomic mass is 19.1. The van der Waals surface area contributed by atoms with E-state index in [1.165, 1.54) is 12.1 Å². The molecule has 0 spiro atoms. The molecule has 18 heavy (non-hydrogen) atoms. The molecule has 1 N–H and O–H groups in total. The Labute approximate surface area is 106 Å². The molecule has 2 nitrogen and oxygen atoms in total. The van der Waals surface area contributed by atoms with Crippen molar-refractivity contribution in [2.24, 2.45) is 0 Å². The van der Waals surface area contributed by atoms with Crippen LogP contribution in [0.1, 0.15) is 16.7 Å². The molecule has 2 rings (SSSR count). The number of nitriles is 1. The fraction of sp³-hybridized carbons (Fsp3) is 0.133. The quantitative estimate of drug-likeness (QED) is 0.889. The molecular formula is C15H13FN2. The summed E-state index contributed by atoms with van der Waals surface area (Å²) >= 11 is 0. The number of anilines is 1. The van der Waals surface area contributed by atoms with E-state index in [1.54, 1.807) is 18.2 Å². The van der Waals surface area contributed by atoms with Crippen molar-refractivity contribution in [2.75, 3.05) is 5.32 Å². The molecule has 0 atom stereocenters. The van der Waals surface area contributed by atoms with Gasteiger partial charge in [0.1, 0.15) is 5.82 Å². The molecule has 0 amide bonds. The van der Waals surface area contributed by atoms with Crippen LogP contribution < -0.4 is 5.32 Å². The van der Waals surface area contributed by atoms with Crippen LogP contribution in [0.5, 0.6) is 0 Å². The van der Waals surface area contributed by atoms with Crippen LogP contribution in [0.2, 0.25) is 0 Å². The van der Waals surface area contributed by atoms with Crippen LogP contribution >= 0.6 is 0 Å². The average Bonchev–Trinajstić information content (AvgIpc) is 2.40. The molecule has 0 heterocycles. The molecular weight excluding hydrogens is 227 g/mol. The van der Waals surface area contributed by atoms with Gasteiger partial charge in [0, 0.05) is 12.2 Å². The van der Waals surface area contributed by atoms with Crippen molar-refractivity contribution in [3.63, 3.8) is 0 Å². The van der Waals surface area contributed by atoms with Gasteiger partial charge in [-0.1, -0.05) is 18.2 Å². The third kappa shape index (κ3) is 2.86. The molecule has 0 aromatic heterocycles. The Hall–Kier alpha value is -2.34. The van der Waals surface area contributed by atoms with Gasteiger partial charge in [0.25, 0.3) is 0 Å². The summed E-state index contributed by atoms with van der Waals surface area (Å²) < 4.78 is 12.8. The van der Waals surface area contributed by atoms with E-state index in [2.05, 4.69) is 11.4 Å². The van der Waals surface area contributed by atoms with Crippen molar-refractivity contribution in [1.29, 1.82) is 5.26 Å². The van der Waals surface area contributed by atoms with Gasteiger partial charge < -0.3 is 5.32 Å². The van der Waals surface area contributed by atoms with E-state index < -0.39 is 0 Å². The Morgan fingerprint density at radius 2 is 1.89 bits per heavy atom. The van der Waals surface area contributed by atoms with Crippen LogP contribution in [-0.2, 0) is 6.54 Å². The van der Waals surface area contributed by atoms with Gasteiger partial charge in [-0.05, 0) is 42.3 Å². The van der Waals surface area contributed by atoms with Crippen LogP contribution in [0.4, 0.5) is 10.1 Å². The number of aryl methyl sites for hydroxylation is 1. The molecule has 0 radical (unpaired) electrons. The van der Waals surface area contributed by atoms with Crippen LogP contribution in [0, 0.1) is 24.1 Å². The highest BCUT2D eigenvalue weighted by Crippen LogP contribution is 2.17. The predicted molar refractivity (Wildman–Crippen MR) is 69.6 cm³/mol. The Kier molecular flexibility index (Phi) is 3.59. The summed E-state index contributed by atoms with van der Waals surface area (Å²) in [5, 5.41) is 12.1. The summed E-state index contributed by atoms with van der Waals surface area (Å²) in [5.74, 6) is -0.235. The van der Waals surface area contributed by atoms with E-state index >= 15 is 0 Å². The number of hydrogen-bond donors (Lipinski definition) is 1. The van der Waals surface area contributed by atoms with E-state index in [1.807, 2.05) is 19.1 Å². The highest BCUT2D eigenvalue weighted by molar-refractivity contribution is 5.55. The van der Waals surface area contributed by atoms with Gasteiger partial charge >= 0.3 is 0 Å². The Morgan fingerprint density at radius 3 is 2.56 bits per heavy atom. The van der Waals surface area contributed by atoms with Gasteiger partial charge in [0.15, 0.2) is 0 Å². The predicted octanol–water partition coefficient (Wildman–Crippen LogP) is 3.62. The minimum atomic E-state index is -0.235. The largest absolute Gasteiger partial charge is 0.381 e. The first-order chi connectivity index (χ1) is 8.69. The van der Waals surface area contributed by atoms with E-state index in [9.17, 15) is 4.39 Å². The van der Waals surface area contributed by atoms with Crippen molar-refractivity contribution in [2.45, 2.75) is 13.5 Å². The lowest BCUT2D eigenvalue weighted by atomic mass is 10.1. The molecule has 2 aromatic rings. The minimum absolute atomic E-state index is 0.235. The van der Waals surface area contributed by atoms with E-state index in [4.69, 9.17) is 5.26 Å². The normalized spacial score (nSPS) is 9.83. The molecule has 3 heteroatoms. The summed E-state index contributed by atoms with van der Waals surface area (Å²) in [6.45, 7) is 2.59. The summed E-state index contributed by atoms with van der Waals surface area (Å²) in [5.41, 5.74) is 3.63. The van der Waals surface area contributed by atoms with Crippen LogP contribution in [0.25, 0.3) is 0 Å². The maximum atomic E-state index is 12.8. The molecule has 0 unspecified atom stereocenters. The molecule has 0 aliphatic heterocycles. The van der Waals surface area contributed by atoms with Gasteiger partial charge in [0.05, 0.1) is 11.6 Å². The number of benzene rings is 2. The Bertz CT molecular complexity index is 582. The number of nitrogens with zero attached hydrogens (tertiary/aromatic N) is 1. The van der Waals surface area contributed by atoms with E-state index in [-0.39, 0.29) is 5.82 Å². The number of rotatable bonds is 3. The zero-order valence-corrected chi connectivity index (χ0v) is 10.1. The maximum absolute atomic E-state index is 12.8. The standard InChI is InChI=1S/C15H13FN2/c1-11-2-3-13(9-17)8-15(11)18-10-12-4-6-14(16)7-5-12/h2-8,18H,10H2,1H3. The molecule has 90 valence electrons. The number of nitrogens with one attached hydrogen (secondary N) is 1. The van der Waals surface area contributed by atoms with Gasteiger partial charge in [-0.3, -0.25) is 0 Å². The van der Waals surface area contributed by atoms with Crippen molar-refractivity contribution >= 4 is 5.69 Å². The van der Waals surface area contributed by atoms with Gasteiger partial charge in [-0.25, -0.2) is 4.39 Å². The third-order valence-electron chi connectivity index (χ3n) is 2.76. The SMILES string of the molecule is Cc1ccc(C#N)cc1NCc1ccc(F)cc1. The Morgan fingerprint density at radius 1 is 1.17 bits per heavy atom. The molecule has 0 saturated heterocycles. The first-order valence-corrected chi connectivity index (χ1v) is 5.68. The lowest BCUT2D eigenvalue weighted by Gasteiger charge is -2.10. The zero-order valence-electron chi connectivity index (χ0n) is 10.1. The number of halogens is 1. The second-order valence-electron chi connectivity index (χ2n) is 4.12. The van der Waals surface area contributed by atoms with Crippen LogP contribution in [-0.4, -0.2) is 0 Å². The molecule has 0 aliphatic carbocycles. The molecule has 0 saturated carbocycles. The first-order valence-electron chi connectivity index (χ1n) is 5.68. The second-order valence-corrected chi connectivity index (χ2v) is 4.12. The molecule has 2 aromatic carbocycles. The van der Waals surface area contributed by atoms with Crippen molar-refractivity contribution in [3.8, 4) is 6.07 Å². The van der Waals surface area contributed by atoms with Crippen molar-refractivity contribution in [1.82, 2.24) is 0 Å². The Balaban J connectivity index is 2.10. The minimum Gasteiger partial charge on any atom is -0.381 e. The molecule has 0 aliphatic rings. The average molecular weight is 240 g/mol. The fourth-order valence-corrected chi connectivity index (χ4v) is 1.68. The monoisotopic (exact) mass is 240 g/mol. The third-order valence-corrected chi connectivity index (χ3v) is 2.76. The topological polar surface area (TPSA) is 35.8 Å². The summed E-state index contributed by atoms with van der Waals surface area (Å²) in [4.78, 5) is 0. The lowest BCUT2D eigenvalue weighted by molar-refractivity contribution is 0.627. The zero-order chi connectivity index (χ0) is 13.0. The van der Waals surface area contributed by atoms with Crippen LogP contribution in [0.3, 0.4) is 0 Å². The van der Waals surface area contributed by atoms with Gasteiger partial charge in [-0.15, -0.1) is 0 Å². The fourth-order valence-electron chi connectivity index (χ4n) is 1.68. The van der Waals surface area contributed by atoms with Gasteiger partial charge in [-0.2, -0.15) is 5.26 Å². The first kappa shape index (κ1) is 12.1.